The summed E-state index contributed by atoms with van der Waals surface area (Å²) in [6.45, 7) is 2.19. The van der Waals surface area contributed by atoms with E-state index in [-0.39, 0.29) is 11.8 Å². The van der Waals surface area contributed by atoms with Gasteiger partial charge in [-0.1, -0.05) is 38.3 Å². The van der Waals surface area contributed by atoms with Crippen LogP contribution in [0.25, 0.3) is 0 Å². The van der Waals surface area contributed by atoms with Crippen LogP contribution in [0.4, 0.5) is 0 Å². The van der Waals surface area contributed by atoms with E-state index in [1.807, 2.05) is 0 Å². The molecule has 0 amide bonds. The zero-order chi connectivity index (χ0) is 13.7. The molecule has 3 atom stereocenters. The highest BCUT2D eigenvalue weighted by Gasteiger charge is 2.35. The van der Waals surface area contributed by atoms with Crippen molar-refractivity contribution in [2.75, 3.05) is 0 Å². The van der Waals surface area contributed by atoms with Crippen molar-refractivity contribution in [1.82, 2.24) is 0 Å². The van der Waals surface area contributed by atoms with Gasteiger partial charge in [0.25, 0.3) is 0 Å². The van der Waals surface area contributed by atoms with Gasteiger partial charge in [0.15, 0.2) is 0 Å². The molecule has 1 unspecified atom stereocenters. The molecule has 0 saturated heterocycles. The van der Waals surface area contributed by atoms with Crippen LogP contribution in [0, 0.1) is 17.8 Å². The minimum atomic E-state index is 0.0972. The fourth-order valence-electron chi connectivity index (χ4n) is 3.47. The van der Waals surface area contributed by atoms with Crippen LogP contribution in [-0.4, -0.2) is 11.6 Å². The van der Waals surface area contributed by atoms with Crippen LogP contribution >= 0.6 is 0 Å². The first-order valence-electron chi connectivity index (χ1n) is 7.96. The molecule has 2 nitrogen and oxygen atoms in total. The van der Waals surface area contributed by atoms with Crippen LogP contribution in [0.3, 0.4) is 0 Å². The van der Waals surface area contributed by atoms with Crippen molar-refractivity contribution in [3.05, 3.63) is 12.2 Å². The van der Waals surface area contributed by atoms with Crippen LogP contribution in [0.15, 0.2) is 12.2 Å². The second-order valence-electron chi connectivity index (χ2n) is 6.13. The summed E-state index contributed by atoms with van der Waals surface area (Å²) in [6.07, 6.45) is 13.3. The van der Waals surface area contributed by atoms with Gasteiger partial charge in [-0.3, -0.25) is 9.59 Å². The summed E-state index contributed by atoms with van der Waals surface area (Å²) in [7, 11) is 0. The number of ketones is 2. The Kier molecular flexibility index (Phi) is 5.35. The number of carbonyl (C=O) groups excluding carboxylic acids is 2. The SMILES string of the molecule is CCCCCCC(=O)[C@H]1C=C[C@@H](C2CCCC2=O)C1. The van der Waals surface area contributed by atoms with Gasteiger partial charge in [-0.25, -0.2) is 0 Å². The van der Waals surface area contributed by atoms with Crippen LogP contribution in [0.5, 0.6) is 0 Å². The molecule has 0 spiro atoms. The molecule has 2 aliphatic rings. The first kappa shape index (κ1) is 14.5. The van der Waals surface area contributed by atoms with E-state index in [1.54, 1.807) is 0 Å². The first-order valence-corrected chi connectivity index (χ1v) is 7.96. The predicted octanol–water partition coefficient (Wildman–Crippen LogP) is 4.09. The minimum absolute atomic E-state index is 0.0972. The third kappa shape index (κ3) is 3.77. The summed E-state index contributed by atoms with van der Waals surface area (Å²) in [4.78, 5) is 23.9. The molecular weight excluding hydrogens is 236 g/mol. The van der Waals surface area contributed by atoms with Crippen molar-refractivity contribution in [2.24, 2.45) is 17.8 Å². The van der Waals surface area contributed by atoms with Crippen LogP contribution in [-0.2, 0) is 9.59 Å². The number of hydrogen-bond acceptors (Lipinski definition) is 2. The molecule has 0 bridgehead atoms. The molecule has 0 radical (unpaired) electrons. The Morgan fingerprint density at radius 2 is 2.11 bits per heavy atom. The van der Waals surface area contributed by atoms with Crippen LogP contribution in [0.2, 0.25) is 0 Å². The third-order valence-corrected chi connectivity index (χ3v) is 4.68. The molecule has 1 saturated carbocycles. The second-order valence-corrected chi connectivity index (χ2v) is 6.13. The van der Waals surface area contributed by atoms with E-state index < -0.39 is 0 Å². The van der Waals surface area contributed by atoms with E-state index in [9.17, 15) is 9.59 Å². The van der Waals surface area contributed by atoms with E-state index >= 15 is 0 Å². The topological polar surface area (TPSA) is 34.1 Å². The molecule has 2 heteroatoms. The maximum absolute atomic E-state index is 12.1. The van der Waals surface area contributed by atoms with Gasteiger partial charge < -0.3 is 0 Å². The Bertz CT molecular complexity index is 356. The van der Waals surface area contributed by atoms with E-state index in [1.165, 1.54) is 19.3 Å². The summed E-state index contributed by atoms with van der Waals surface area (Å²) in [6, 6.07) is 0. The number of carbonyl (C=O) groups is 2. The van der Waals surface area contributed by atoms with Gasteiger partial charge in [0.1, 0.15) is 11.6 Å². The highest BCUT2D eigenvalue weighted by molar-refractivity contribution is 5.85. The quantitative estimate of drug-likeness (QED) is 0.511. The fraction of sp³-hybridized carbons (Fsp3) is 0.765. The normalized spacial score (nSPS) is 30.2. The molecule has 1 fully saturated rings. The lowest BCUT2D eigenvalue weighted by molar-refractivity contribution is -0.124. The zero-order valence-corrected chi connectivity index (χ0v) is 12.1. The molecule has 0 aromatic rings. The van der Waals surface area contributed by atoms with Gasteiger partial charge in [-0.15, -0.1) is 0 Å². The molecule has 0 aliphatic heterocycles. The van der Waals surface area contributed by atoms with Crippen molar-refractivity contribution >= 4 is 11.6 Å². The highest BCUT2D eigenvalue weighted by atomic mass is 16.1. The Morgan fingerprint density at radius 1 is 1.26 bits per heavy atom. The van der Waals surface area contributed by atoms with Crippen molar-refractivity contribution < 1.29 is 9.59 Å². The number of hydrogen-bond donors (Lipinski definition) is 0. The van der Waals surface area contributed by atoms with Gasteiger partial charge in [-0.05, 0) is 31.6 Å². The van der Waals surface area contributed by atoms with E-state index in [2.05, 4.69) is 19.1 Å². The van der Waals surface area contributed by atoms with Gasteiger partial charge in [-0.2, -0.15) is 0 Å². The van der Waals surface area contributed by atoms with E-state index in [4.69, 9.17) is 0 Å². The van der Waals surface area contributed by atoms with E-state index in [0.717, 1.165) is 38.5 Å². The predicted molar refractivity (Wildman–Crippen MR) is 76.9 cm³/mol. The molecule has 0 heterocycles. The molecule has 2 aliphatic carbocycles. The fourth-order valence-corrected chi connectivity index (χ4v) is 3.47. The Hall–Kier alpha value is -0.920. The molecule has 2 rings (SSSR count). The summed E-state index contributed by atoms with van der Waals surface area (Å²) >= 11 is 0. The summed E-state index contributed by atoms with van der Waals surface area (Å²) in [5, 5.41) is 0. The van der Waals surface area contributed by atoms with Crippen molar-refractivity contribution in [1.29, 1.82) is 0 Å². The second kappa shape index (κ2) is 7.02. The molecular formula is C17H26O2. The van der Waals surface area contributed by atoms with Gasteiger partial charge in [0.05, 0.1) is 0 Å². The van der Waals surface area contributed by atoms with Gasteiger partial charge in [0, 0.05) is 24.7 Å². The summed E-state index contributed by atoms with van der Waals surface area (Å²) in [5.74, 6) is 1.47. The zero-order valence-electron chi connectivity index (χ0n) is 12.1. The van der Waals surface area contributed by atoms with Crippen LogP contribution < -0.4 is 0 Å². The maximum atomic E-state index is 12.1. The summed E-state index contributed by atoms with van der Waals surface area (Å²) < 4.78 is 0. The lowest BCUT2D eigenvalue weighted by atomic mass is 9.86. The molecule has 0 aromatic carbocycles. The van der Waals surface area contributed by atoms with Crippen molar-refractivity contribution in [2.45, 2.75) is 64.7 Å². The van der Waals surface area contributed by atoms with Gasteiger partial charge in [0.2, 0.25) is 0 Å². The Balaban J connectivity index is 1.74. The number of allylic oxidation sites excluding steroid dienone is 2. The lowest BCUT2D eigenvalue weighted by Crippen LogP contribution is -2.18. The maximum Gasteiger partial charge on any atom is 0.139 e. The molecule has 0 aromatic heterocycles. The van der Waals surface area contributed by atoms with Gasteiger partial charge >= 0.3 is 0 Å². The van der Waals surface area contributed by atoms with E-state index in [0.29, 0.717) is 17.5 Å². The lowest BCUT2D eigenvalue weighted by Gasteiger charge is -2.16. The minimum Gasteiger partial charge on any atom is -0.299 e. The summed E-state index contributed by atoms with van der Waals surface area (Å²) in [5.41, 5.74) is 0. The average molecular weight is 262 g/mol. The largest absolute Gasteiger partial charge is 0.299 e. The van der Waals surface area contributed by atoms with Crippen LogP contribution in [0.1, 0.15) is 64.7 Å². The number of Topliss-reactive ketones (excluding diaryl/α,β-unsaturated/α-hetero) is 2. The number of rotatable bonds is 7. The average Bonchev–Trinajstić information content (AvgIpc) is 3.02. The smallest absolute Gasteiger partial charge is 0.139 e. The third-order valence-electron chi connectivity index (χ3n) is 4.68. The monoisotopic (exact) mass is 262 g/mol. The van der Waals surface area contributed by atoms with Crippen molar-refractivity contribution in [3.8, 4) is 0 Å². The molecule has 106 valence electrons. The highest BCUT2D eigenvalue weighted by Crippen LogP contribution is 2.37. The molecule has 0 N–H and O–H groups in total. The van der Waals surface area contributed by atoms with Crippen molar-refractivity contribution in [3.63, 3.8) is 0 Å². The number of unbranched alkanes of at least 4 members (excludes halogenated alkanes) is 3. The first-order chi connectivity index (χ1) is 9.22. The Labute approximate surface area is 116 Å². The Morgan fingerprint density at radius 3 is 2.79 bits per heavy atom. The molecule has 19 heavy (non-hydrogen) atoms. The standard InChI is InChI=1S/C17H26O2/c1-2-3-4-5-8-16(18)14-11-10-13(12-14)15-7-6-9-17(15)19/h10-11,13-15H,2-9,12H2,1H3/t13-,14+,15?/m1/s1.